The van der Waals surface area contributed by atoms with Crippen LogP contribution in [-0.2, 0) is 14.6 Å². The lowest BCUT2D eigenvalue weighted by atomic mass is 9.75. The van der Waals surface area contributed by atoms with Crippen LogP contribution in [0.2, 0.25) is 0 Å². The van der Waals surface area contributed by atoms with Crippen molar-refractivity contribution < 1.29 is 26.3 Å². The van der Waals surface area contributed by atoms with Gasteiger partial charge in [0.25, 0.3) is 0 Å². The fourth-order valence-electron chi connectivity index (χ4n) is 3.50. The van der Waals surface area contributed by atoms with Crippen LogP contribution in [0.25, 0.3) is 0 Å². The van der Waals surface area contributed by atoms with Crippen LogP contribution in [0.3, 0.4) is 0 Å². The zero-order chi connectivity index (χ0) is 11.9. The molecule has 3 aliphatic rings. The van der Waals surface area contributed by atoms with Gasteiger partial charge in [-0.25, -0.2) is 8.42 Å². The maximum absolute atomic E-state index is 12.8. The lowest BCUT2D eigenvalue weighted by Gasteiger charge is -2.29. The molecule has 2 bridgehead atoms. The van der Waals surface area contributed by atoms with Crippen molar-refractivity contribution in [3.8, 4) is 0 Å². The van der Waals surface area contributed by atoms with Crippen LogP contribution in [0.5, 0.6) is 0 Å². The van der Waals surface area contributed by atoms with Crippen LogP contribution >= 0.6 is 0 Å². The van der Waals surface area contributed by atoms with Crippen LogP contribution in [0.1, 0.15) is 6.92 Å². The summed E-state index contributed by atoms with van der Waals surface area (Å²) in [4.78, 5) is 0. The number of hydrogen-bond acceptors (Lipinski definition) is 3. The highest BCUT2D eigenvalue weighted by molar-refractivity contribution is 7.92. The van der Waals surface area contributed by atoms with Crippen LogP contribution < -0.4 is 0 Å². The molecule has 6 unspecified atom stereocenters. The predicted octanol–water partition coefficient (Wildman–Crippen LogP) is 0.995. The Kier molecular flexibility index (Phi) is 1.86. The number of hydrogen-bond donors (Lipinski definition) is 0. The van der Waals surface area contributed by atoms with Gasteiger partial charge in [0.05, 0.1) is 18.0 Å². The summed E-state index contributed by atoms with van der Waals surface area (Å²) in [6.45, 7) is 1.66. The first-order chi connectivity index (χ1) is 7.23. The summed E-state index contributed by atoms with van der Waals surface area (Å²) in [5.41, 5.74) is 0. The molecule has 92 valence electrons. The zero-order valence-electron chi connectivity index (χ0n) is 8.44. The summed E-state index contributed by atoms with van der Waals surface area (Å²) < 4.78 is 67.2. The van der Waals surface area contributed by atoms with Crippen molar-refractivity contribution in [1.82, 2.24) is 0 Å². The number of rotatable bonds is 0. The van der Waals surface area contributed by atoms with Gasteiger partial charge in [0, 0.05) is 5.92 Å². The van der Waals surface area contributed by atoms with Crippen molar-refractivity contribution in [3.63, 3.8) is 0 Å². The Morgan fingerprint density at radius 3 is 2.44 bits per heavy atom. The van der Waals surface area contributed by atoms with E-state index in [2.05, 4.69) is 0 Å². The SMILES string of the molecule is CC1C2CS(=O)(=O)C3C2OC1C3C(F)(F)F. The van der Waals surface area contributed by atoms with Gasteiger partial charge in [0.2, 0.25) is 0 Å². The third-order valence-corrected chi connectivity index (χ3v) is 6.42. The molecule has 0 spiro atoms. The van der Waals surface area contributed by atoms with E-state index in [1.165, 1.54) is 0 Å². The maximum atomic E-state index is 12.8. The molecule has 0 radical (unpaired) electrons. The molecule has 0 aromatic carbocycles. The lowest BCUT2D eigenvalue weighted by molar-refractivity contribution is -0.189. The quantitative estimate of drug-likeness (QED) is 0.649. The average Bonchev–Trinajstić information content (AvgIpc) is 2.66. The summed E-state index contributed by atoms with van der Waals surface area (Å²) in [6, 6.07) is 0. The Labute approximate surface area is 90.9 Å². The molecule has 3 nitrogen and oxygen atoms in total. The van der Waals surface area contributed by atoms with Gasteiger partial charge in [-0.1, -0.05) is 6.92 Å². The van der Waals surface area contributed by atoms with E-state index in [0.29, 0.717) is 0 Å². The van der Waals surface area contributed by atoms with E-state index in [-0.39, 0.29) is 17.6 Å². The second-order valence-corrected chi connectivity index (χ2v) is 7.15. The van der Waals surface area contributed by atoms with E-state index >= 15 is 0 Å². The van der Waals surface area contributed by atoms with Gasteiger partial charge in [0.1, 0.15) is 11.2 Å². The highest BCUT2D eigenvalue weighted by Gasteiger charge is 2.73. The van der Waals surface area contributed by atoms with Crippen LogP contribution in [0.15, 0.2) is 0 Å². The average molecular weight is 256 g/mol. The Morgan fingerprint density at radius 2 is 1.88 bits per heavy atom. The van der Waals surface area contributed by atoms with E-state index in [1.807, 2.05) is 0 Å². The molecule has 0 aromatic rings. The third-order valence-electron chi connectivity index (χ3n) is 4.18. The lowest BCUT2D eigenvalue weighted by Crippen LogP contribution is -2.46. The van der Waals surface area contributed by atoms with Crippen molar-refractivity contribution in [2.24, 2.45) is 17.8 Å². The molecule has 0 saturated carbocycles. The van der Waals surface area contributed by atoms with E-state index in [0.717, 1.165) is 0 Å². The molecule has 3 heterocycles. The van der Waals surface area contributed by atoms with Crippen LogP contribution in [0, 0.1) is 17.8 Å². The Morgan fingerprint density at radius 1 is 1.25 bits per heavy atom. The molecule has 0 N–H and O–H groups in total. The van der Waals surface area contributed by atoms with Gasteiger partial charge in [-0.3, -0.25) is 0 Å². The van der Waals surface area contributed by atoms with Crippen molar-refractivity contribution in [1.29, 1.82) is 0 Å². The molecule has 3 rings (SSSR count). The van der Waals surface area contributed by atoms with Gasteiger partial charge in [-0.05, 0) is 5.92 Å². The first-order valence-corrected chi connectivity index (χ1v) is 6.89. The minimum Gasteiger partial charge on any atom is -0.372 e. The van der Waals surface area contributed by atoms with Crippen molar-refractivity contribution in [2.45, 2.75) is 30.6 Å². The largest absolute Gasteiger partial charge is 0.395 e. The fraction of sp³-hybridized carbons (Fsp3) is 1.00. The summed E-state index contributed by atoms with van der Waals surface area (Å²) in [5, 5.41) is -1.35. The molecule has 7 heteroatoms. The highest BCUT2D eigenvalue weighted by Crippen LogP contribution is 2.58. The third kappa shape index (κ3) is 1.11. The number of fused-ring (bicyclic) bond motifs is 1. The zero-order valence-corrected chi connectivity index (χ0v) is 9.25. The van der Waals surface area contributed by atoms with Crippen LogP contribution in [-0.4, -0.2) is 37.8 Å². The minimum atomic E-state index is -4.49. The Balaban J connectivity index is 2.11. The molecule has 3 saturated heterocycles. The topological polar surface area (TPSA) is 43.4 Å². The fourth-order valence-corrected chi connectivity index (χ4v) is 6.18. The molecule has 3 fully saturated rings. The summed E-state index contributed by atoms with van der Waals surface area (Å²) in [6.07, 6.45) is -6.17. The van der Waals surface area contributed by atoms with E-state index in [1.54, 1.807) is 6.92 Å². The molecule has 3 aliphatic heterocycles. The van der Waals surface area contributed by atoms with Gasteiger partial charge in [-0.2, -0.15) is 13.2 Å². The first-order valence-electron chi connectivity index (χ1n) is 5.17. The van der Waals surface area contributed by atoms with Gasteiger partial charge < -0.3 is 4.74 Å². The van der Waals surface area contributed by atoms with E-state index in [9.17, 15) is 21.6 Å². The monoisotopic (exact) mass is 256 g/mol. The number of alkyl halides is 3. The molecule has 0 amide bonds. The first kappa shape index (κ1) is 10.8. The van der Waals surface area contributed by atoms with E-state index < -0.39 is 39.4 Å². The van der Waals surface area contributed by atoms with Gasteiger partial charge in [-0.15, -0.1) is 0 Å². The predicted molar refractivity (Wildman–Crippen MR) is 48.4 cm³/mol. The summed E-state index contributed by atoms with van der Waals surface area (Å²) >= 11 is 0. The van der Waals surface area contributed by atoms with Gasteiger partial charge in [0.15, 0.2) is 9.84 Å². The second kappa shape index (κ2) is 2.75. The summed E-state index contributed by atoms with van der Waals surface area (Å²) in [7, 11) is -3.64. The standard InChI is InChI=1S/C9H11F3O3S/c1-3-4-2-16(13,14)8-5(9(10,11)12)6(3)15-7(4)8/h3-8H,2H2,1H3. The van der Waals surface area contributed by atoms with Crippen molar-refractivity contribution in [3.05, 3.63) is 0 Å². The van der Waals surface area contributed by atoms with Crippen molar-refractivity contribution >= 4 is 9.84 Å². The Bertz CT molecular complexity index is 430. The number of halogens is 3. The molecule has 6 atom stereocenters. The Hall–Kier alpha value is -0.300. The molecular formula is C9H11F3O3S. The van der Waals surface area contributed by atoms with Crippen LogP contribution in [0.4, 0.5) is 13.2 Å². The second-order valence-electron chi connectivity index (χ2n) is 4.95. The molecule has 0 aromatic heterocycles. The summed E-state index contributed by atoms with van der Waals surface area (Å²) in [5.74, 6) is -2.52. The highest BCUT2D eigenvalue weighted by atomic mass is 32.2. The maximum Gasteiger partial charge on any atom is 0.395 e. The smallest absolute Gasteiger partial charge is 0.372 e. The molecule has 0 aliphatic carbocycles. The number of ether oxygens (including phenoxy) is 1. The normalized spacial score (nSPS) is 53.5. The number of sulfone groups is 1. The van der Waals surface area contributed by atoms with Crippen molar-refractivity contribution in [2.75, 3.05) is 5.75 Å². The minimum absolute atomic E-state index is 0.146. The van der Waals surface area contributed by atoms with E-state index in [4.69, 9.17) is 4.74 Å². The molecule has 16 heavy (non-hydrogen) atoms. The molecular weight excluding hydrogens is 245 g/mol. The van der Waals surface area contributed by atoms with Gasteiger partial charge >= 0.3 is 6.18 Å².